The van der Waals surface area contributed by atoms with Crippen molar-refractivity contribution >= 4 is 58.3 Å². The molecule has 8 heteroatoms. The Morgan fingerprint density at radius 2 is 1.83 bits per heavy atom. The molecule has 1 N–H and O–H groups in total. The molecule has 1 aliphatic heterocycles. The molecule has 1 saturated heterocycles. The van der Waals surface area contributed by atoms with Crippen molar-refractivity contribution in [2.24, 2.45) is 0 Å². The van der Waals surface area contributed by atoms with Crippen molar-refractivity contribution in [3.05, 3.63) is 69.6 Å². The maximum Gasteiger partial charge on any atom is 0.293 e. The average Bonchev–Trinajstić information content (AvgIpc) is 2.96. The van der Waals surface area contributed by atoms with Crippen molar-refractivity contribution in [2.45, 2.75) is 11.8 Å². The van der Waals surface area contributed by atoms with E-state index in [1.807, 2.05) is 43.3 Å². The van der Waals surface area contributed by atoms with Gasteiger partial charge in [-0.3, -0.25) is 19.3 Å². The Morgan fingerprint density at radius 3 is 2.52 bits per heavy atom. The molecule has 2 aromatic carbocycles. The molecule has 1 heterocycles. The molecule has 5 nitrogen and oxygen atoms in total. The zero-order valence-electron chi connectivity index (χ0n) is 15.7. The van der Waals surface area contributed by atoms with Gasteiger partial charge in [0, 0.05) is 23.0 Å². The Kier molecular flexibility index (Phi) is 7.41. The maximum absolute atomic E-state index is 12.5. The highest BCUT2D eigenvalue weighted by atomic mass is 35.5. The number of nitrogens with zero attached hydrogens (tertiary/aromatic N) is 1. The number of amides is 3. The summed E-state index contributed by atoms with van der Waals surface area (Å²) in [5, 5.41) is 3.07. The standard InChI is InChI=1S/C21H19ClN2O3S2/c1-14-2-4-15(5-3-14)12-18-20(26)24(21(27)29-18)11-10-23-19(25)13-28-17-8-6-16(22)7-9-17/h2-9,12H,10-11,13H2,1H3,(H,23,25). The number of imide groups is 1. The number of thioether (sulfide) groups is 2. The van der Waals surface area contributed by atoms with Crippen LogP contribution in [0.3, 0.4) is 0 Å². The molecule has 3 amide bonds. The van der Waals surface area contributed by atoms with Crippen molar-refractivity contribution in [3.8, 4) is 0 Å². The van der Waals surface area contributed by atoms with Crippen LogP contribution in [0, 0.1) is 6.92 Å². The fourth-order valence-electron chi connectivity index (χ4n) is 2.54. The van der Waals surface area contributed by atoms with Gasteiger partial charge in [0.1, 0.15) is 0 Å². The van der Waals surface area contributed by atoms with E-state index in [1.54, 1.807) is 18.2 Å². The first-order valence-electron chi connectivity index (χ1n) is 8.89. The SMILES string of the molecule is Cc1ccc(C=C2SC(=O)N(CCNC(=O)CSc3ccc(Cl)cc3)C2=O)cc1. The van der Waals surface area contributed by atoms with Crippen LogP contribution in [0.4, 0.5) is 4.79 Å². The number of aryl methyl sites for hydroxylation is 1. The van der Waals surface area contributed by atoms with Gasteiger partial charge in [0.2, 0.25) is 5.91 Å². The minimum absolute atomic E-state index is 0.146. The molecule has 29 heavy (non-hydrogen) atoms. The lowest BCUT2D eigenvalue weighted by Gasteiger charge is -2.13. The zero-order chi connectivity index (χ0) is 20.8. The molecular weight excluding hydrogens is 428 g/mol. The summed E-state index contributed by atoms with van der Waals surface area (Å²) < 4.78 is 0. The van der Waals surface area contributed by atoms with E-state index in [0.29, 0.717) is 9.93 Å². The second kappa shape index (κ2) is 10.0. The molecule has 0 unspecified atom stereocenters. The van der Waals surface area contributed by atoms with Crippen molar-refractivity contribution in [1.82, 2.24) is 10.2 Å². The largest absolute Gasteiger partial charge is 0.354 e. The van der Waals surface area contributed by atoms with Crippen LogP contribution in [-0.2, 0) is 9.59 Å². The minimum atomic E-state index is -0.328. The van der Waals surface area contributed by atoms with E-state index in [2.05, 4.69) is 5.32 Å². The summed E-state index contributed by atoms with van der Waals surface area (Å²) in [7, 11) is 0. The van der Waals surface area contributed by atoms with Gasteiger partial charge in [0.25, 0.3) is 11.1 Å². The molecule has 0 atom stereocenters. The molecule has 1 aliphatic rings. The number of halogens is 1. The molecule has 0 bridgehead atoms. The number of benzene rings is 2. The van der Waals surface area contributed by atoms with Crippen LogP contribution in [0.15, 0.2) is 58.3 Å². The monoisotopic (exact) mass is 446 g/mol. The van der Waals surface area contributed by atoms with Gasteiger partial charge >= 0.3 is 0 Å². The van der Waals surface area contributed by atoms with Gasteiger partial charge in [-0.1, -0.05) is 41.4 Å². The molecule has 0 aliphatic carbocycles. The first-order chi connectivity index (χ1) is 13.9. The van der Waals surface area contributed by atoms with E-state index in [0.717, 1.165) is 32.7 Å². The number of hydrogen-bond acceptors (Lipinski definition) is 5. The number of hydrogen-bond donors (Lipinski definition) is 1. The predicted octanol–water partition coefficient (Wildman–Crippen LogP) is 4.59. The summed E-state index contributed by atoms with van der Waals surface area (Å²) in [6.45, 7) is 2.35. The first kappa shape index (κ1) is 21.5. The summed E-state index contributed by atoms with van der Waals surface area (Å²) in [4.78, 5) is 39.1. The van der Waals surface area contributed by atoms with Crippen LogP contribution in [0.1, 0.15) is 11.1 Å². The van der Waals surface area contributed by atoms with Crippen molar-refractivity contribution in [3.63, 3.8) is 0 Å². The smallest absolute Gasteiger partial charge is 0.293 e. The van der Waals surface area contributed by atoms with Gasteiger partial charge in [-0.15, -0.1) is 11.8 Å². The average molecular weight is 447 g/mol. The Morgan fingerprint density at radius 1 is 1.14 bits per heavy atom. The fraction of sp³-hybridized carbons (Fsp3) is 0.190. The quantitative estimate of drug-likeness (QED) is 0.497. The topological polar surface area (TPSA) is 66.5 Å². The molecule has 1 fully saturated rings. The molecule has 150 valence electrons. The van der Waals surface area contributed by atoms with E-state index in [4.69, 9.17) is 11.6 Å². The Hall–Kier alpha value is -2.22. The minimum Gasteiger partial charge on any atom is -0.354 e. The van der Waals surface area contributed by atoms with Crippen LogP contribution in [-0.4, -0.2) is 40.8 Å². The summed E-state index contributed by atoms with van der Waals surface area (Å²) in [6.07, 6.45) is 1.71. The second-order valence-electron chi connectivity index (χ2n) is 6.34. The van der Waals surface area contributed by atoms with E-state index < -0.39 is 0 Å². The molecule has 2 aromatic rings. The van der Waals surface area contributed by atoms with Crippen molar-refractivity contribution < 1.29 is 14.4 Å². The fourth-order valence-corrected chi connectivity index (χ4v) is 4.26. The third-order valence-electron chi connectivity index (χ3n) is 4.09. The summed E-state index contributed by atoms with van der Waals surface area (Å²) in [5.41, 5.74) is 1.99. The van der Waals surface area contributed by atoms with Gasteiger partial charge in [-0.05, 0) is 54.6 Å². The lowest BCUT2D eigenvalue weighted by molar-refractivity contribution is -0.123. The van der Waals surface area contributed by atoms with Gasteiger partial charge in [0.05, 0.1) is 10.7 Å². The number of carbonyl (C=O) groups is 3. The van der Waals surface area contributed by atoms with E-state index in [9.17, 15) is 14.4 Å². The Bertz CT molecular complexity index is 943. The van der Waals surface area contributed by atoms with E-state index in [-0.39, 0.29) is 35.9 Å². The normalized spacial score (nSPS) is 15.2. The van der Waals surface area contributed by atoms with Crippen LogP contribution in [0.2, 0.25) is 5.02 Å². The molecule has 0 radical (unpaired) electrons. The number of nitrogens with one attached hydrogen (secondary N) is 1. The Balaban J connectivity index is 1.47. The van der Waals surface area contributed by atoms with Crippen molar-refractivity contribution in [2.75, 3.05) is 18.8 Å². The molecular formula is C21H19ClN2O3S2. The van der Waals surface area contributed by atoms with E-state index in [1.165, 1.54) is 11.8 Å². The third kappa shape index (κ3) is 6.13. The molecule has 0 saturated carbocycles. The first-order valence-corrected chi connectivity index (χ1v) is 11.1. The predicted molar refractivity (Wildman–Crippen MR) is 119 cm³/mol. The molecule has 0 spiro atoms. The highest BCUT2D eigenvalue weighted by Crippen LogP contribution is 2.31. The van der Waals surface area contributed by atoms with Crippen LogP contribution in [0.5, 0.6) is 0 Å². The molecule has 0 aromatic heterocycles. The van der Waals surface area contributed by atoms with Gasteiger partial charge in [0.15, 0.2) is 0 Å². The van der Waals surface area contributed by atoms with Gasteiger partial charge in [-0.2, -0.15) is 0 Å². The highest BCUT2D eigenvalue weighted by molar-refractivity contribution is 8.18. The van der Waals surface area contributed by atoms with Gasteiger partial charge in [-0.25, -0.2) is 0 Å². The molecule has 3 rings (SSSR count). The van der Waals surface area contributed by atoms with Gasteiger partial charge < -0.3 is 5.32 Å². The lowest BCUT2D eigenvalue weighted by atomic mass is 10.1. The Labute approximate surface area is 182 Å². The summed E-state index contributed by atoms with van der Waals surface area (Å²) in [6, 6.07) is 14.9. The zero-order valence-corrected chi connectivity index (χ0v) is 18.1. The number of carbonyl (C=O) groups excluding carboxylic acids is 3. The second-order valence-corrected chi connectivity index (χ2v) is 8.81. The van der Waals surface area contributed by atoms with Crippen LogP contribution in [0.25, 0.3) is 6.08 Å². The number of rotatable bonds is 7. The summed E-state index contributed by atoms with van der Waals surface area (Å²) >= 11 is 8.15. The maximum atomic E-state index is 12.5. The lowest BCUT2D eigenvalue weighted by Crippen LogP contribution is -2.37. The van der Waals surface area contributed by atoms with Crippen LogP contribution >= 0.6 is 35.1 Å². The van der Waals surface area contributed by atoms with Crippen LogP contribution < -0.4 is 5.32 Å². The van der Waals surface area contributed by atoms with Crippen molar-refractivity contribution in [1.29, 1.82) is 0 Å². The van der Waals surface area contributed by atoms with E-state index >= 15 is 0 Å². The highest BCUT2D eigenvalue weighted by Gasteiger charge is 2.34. The third-order valence-corrected chi connectivity index (χ3v) is 6.26. The summed E-state index contributed by atoms with van der Waals surface area (Å²) in [5.74, 6) is -0.242.